The summed E-state index contributed by atoms with van der Waals surface area (Å²) in [6, 6.07) is 5.83. The van der Waals surface area contributed by atoms with E-state index in [9.17, 15) is 4.79 Å². The largest absolute Gasteiger partial charge is 0.369 e. The first-order valence-electron chi connectivity index (χ1n) is 8.04. The van der Waals surface area contributed by atoms with Gasteiger partial charge in [0.25, 0.3) is 0 Å². The Balaban J connectivity index is 2.48. The van der Waals surface area contributed by atoms with Gasteiger partial charge in [-0.15, -0.1) is 0 Å². The van der Waals surface area contributed by atoms with Crippen LogP contribution < -0.4 is 5.73 Å². The van der Waals surface area contributed by atoms with Crippen LogP contribution in [0, 0.1) is 0 Å². The van der Waals surface area contributed by atoms with Crippen LogP contribution in [0.15, 0.2) is 18.2 Å². The van der Waals surface area contributed by atoms with Crippen molar-refractivity contribution in [2.24, 2.45) is 5.73 Å². The first-order valence-corrected chi connectivity index (χ1v) is 8.41. The highest BCUT2D eigenvalue weighted by Crippen LogP contribution is 2.65. The number of carbonyl (C=O) groups is 1. The number of primary amides is 1. The van der Waals surface area contributed by atoms with E-state index >= 15 is 0 Å². The SMILES string of the molecule is BC1(B)c2c([nH]c3ccc(Cl)cc23)[C@@H](C(N)=O)C(B)(B)C1(B)B. The number of carbonyl (C=O) groups excluding carboxylic acids is 1. The molecule has 0 aliphatic heterocycles. The fourth-order valence-electron chi connectivity index (χ4n) is 4.41. The Morgan fingerprint density at radius 1 is 1.17 bits per heavy atom. The summed E-state index contributed by atoms with van der Waals surface area (Å²) in [6.45, 7) is 0. The van der Waals surface area contributed by atoms with Crippen LogP contribution in [0.1, 0.15) is 17.2 Å². The maximum absolute atomic E-state index is 12.4. The Hall–Kier alpha value is -1.09. The number of hydrogen-bond donors (Lipinski definition) is 2. The van der Waals surface area contributed by atoms with E-state index in [1.807, 2.05) is 18.2 Å². The molecule has 23 heavy (non-hydrogen) atoms. The Bertz CT molecular complexity index is 831. The zero-order chi connectivity index (χ0) is 17.4. The summed E-state index contributed by atoms with van der Waals surface area (Å²) in [5.74, 6) is -0.635. The van der Waals surface area contributed by atoms with Gasteiger partial charge < -0.3 is 10.7 Å². The molecule has 3 rings (SSSR count). The number of aromatic amines is 1. The zero-order valence-electron chi connectivity index (χ0n) is 14.7. The predicted molar refractivity (Wildman–Crippen MR) is 114 cm³/mol. The summed E-state index contributed by atoms with van der Waals surface area (Å²) >= 11 is 6.23. The third-order valence-corrected chi connectivity index (χ3v) is 7.12. The van der Waals surface area contributed by atoms with Crippen LogP contribution in [0.4, 0.5) is 0 Å². The molecule has 1 heterocycles. The molecule has 3 N–H and O–H groups in total. The molecule has 0 radical (unpaired) electrons. The number of hydrogen-bond acceptors (Lipinski definition) is 1. The van der Waals surface area contributed by atoms with Gasteiger partial charge in [0, 0.05) is 21.6 Å². The average molecular weight is 320 g/mol. The highest BCUT2D eigenvalue weighted by molar-refractivity contribution is 6.63. The Labute approximate surface area is 147 Å². The van der Waals surface area contributed by atoms with Crippen LogP contribution in [-0.2, 0) is 10.0 Å². The van der Waals surface area contributed by atoms with Crippen LogP contribution >= 0.6 is 11.6 Å². The molecule has 0 saturated heterocycles. The lowest BCUT2D eigenvalue weighted by atomic mass is 9.13. The number of nitrogens with one attached hydrogen (secondary N) is 1. The summed E-state index contributed by atoms with van der Waals surface area (Å²) in [7, 11) is 13.2. The number of fused-ring (bicyclic) bond motifs is 3. The minimum Gasteiger partial charge on any atom is -0.369 e. The third-order valence-electron chi connectivity index (χ3n) is 6.88. The van der Waals surface area contributed by atoms with Crippen molar-refractivity contribution in [1.29, 1.82) is 0 Å². The van der Waals surface area contributed by atoms with Gasteiger partial charge in [0.05, 0.1) is 37.3 Å². The number of nitrogens with two attached hydrogens (primary N) is 1. The van der Waals surface area contributed by atoms with Crippen molar-refractivity contribution in [2.45, 2.75) is 21.6 Å². The van der Waals surface area contributed by atoms with Crippen LogP contribution in [0.25, 0.3) is 10.9 Å². The van der Waals surface area contributed by atoms with E-state index in [0.717, 1.165) is 16.6 Å². The van der Waals surface area contributed by atoms with Gasteiger partial charge in [0.2, 0.25) is 5.91 Å². The minimum atomic E-state index is -0.355. The fourth-order valence-corrected chi connectivity index (χ4v) is 4.58. The minimum absolute atomic E-state index is 0.135. The van der Waals surface area contributed by atoms with Crippen molar-refractivity contribution < 1.29 is 4.79 Å². The number of amides is 1. The van der Waals surface area contributed by atoms with Crippen LogP contribution in [0.5, 0.6) is 0 Å². The van der Waals surface area contributed by atoms with Crippen LogP contribution in [0.3, 0.4) is 0 Å². The molecule has 112 valence electrons. The predicted octanol–water partition coefficient (Wildman–Crippen LogP) is -3.41. The highest BCUT2D eigenvalue weighted by Gasteiger charge is 2.58. The summed E-state index contributed by atoms with van der Waals surface area (Å²) < 4.78 is 0. The average Bonchev–Trinajstić information content (AvgIpc) is 2.74. The summed E-state index contributed by atoms with van der Waals surface area (Å²) in [5.41, 5.74) is 8.96. The molecule has 1 amide bonds. The number of halogens is 1. The van der Waals surface area contributed by atoms with Gasteiger partial charge in [-0.3, -0.25) is 4.79 Å². The zero-order valence-corrected chi connectivity index (χ0v) is 15.4. The quantitative estimate of drug-likeness (QED) is 0.529. The van der Waals surface area contributed by atoms with Gasteiger partial charge in [-0.1, -0.05) is 27.2 Å². The van der Waals surface area contributed by atoms with Gasteiger partial charge in [-0.25, -0.2) is 0 Å². The maximum atomic E-state index is 12.4. The van der Waals surface area contributed by atoms with Gasteiger partial charge in [-0.2, -0.15) is 0 Å². The molecule has 0 saturated carbocycles. The summed E-state index contributed by atoms with van der Waals surface area (Å²) in [6.07, 6.45) is 0. The molecule has 1 aliphatic rings. The Morgan fingerprint density at radius 3 is 2.35 bits per heavy atom. The second kappa shape index (κ2) is 4.72. The lowest BCUT2D eigenvalue weighted by molar-refractivity contribution is -0.120. The van der Waals surface area contributed by atoms with E-state index in [1.165, 1.54) is 5.56 Å². The molecule has 1 aliphatic carbocycles. The molecular formula is C13H19B6ClN2O. The van der Waals surface area contributed by atoms with Crippen molar-refractivity contribution in [2.75, 3.05) is 0 Å². The van der Waals surface area contributed by atoms with E-state index in [4.69, 9.17) is 17.3 Å². The van der Waals surface area contributed by atoms with Gasteiger partial charge in [0.1, 0.15) is 15.7 Å². The Morgan fingerprint density at radius 2 is 1.78 bits per heavy atom. The lowest BCUT2D eigenvalue weighted by Gasteiger charge is -2.60. The van der Waals surface area contributed by atoms with Gasteiger partial charge >= 0.3 is 0 Å². The first kappa shape index (κ1) is 16.8. The standard InChI is InChI=1S/C13H19B6ClN2O/c14-11(15)7-5-3-4(20)1-2-6(5)22-9(7)8(10(21)23)12(16,17)13(11,18)19/h1-3,8,22H,14-19H2,(H2,21,23)/t8-/m0/s1. The Kier molecular flexibility index (Phi) is 3.44. The molecule has 1 aromatic heterocycles. The topological polar surface area (TPSA) is 58.9 Å². The molecule has 3 nitrogen and oxygen atoms in total. The highest BCUT2D eigenvalue weighted by atomic mass is 35.5. The molecule has 2 aromatic rings. The lowest BCUT2D eigenvalue weighted by Crippen LogP contribution is -2.58. The van der Waals surface area contributed by atoms with Crippen molar-refractivity contribution in [3.63, 3.8) is 0 Å². The molecule has 1 aromatic carbocycles. The normalized spacial score (nSPS) is 24.1. The van der Waals surface area contributed by atoms with Crippen molar-refractivity contribution in [3.8, 4) is 0 Å². The van der Waals surface area contributed by atoms with Crippen LogP contribution in [-0.4, -0.2) is 58.0 Å². The molecule has 0 fully saturated rings. The number of benzene rings is 1. The molecule has 0 unspecified atom stereocenters. The van der Waals surface area contributed by atoms with Crippen molar-refractivity contribution in [1.82, 2.24) is 4.98 Å². The molecular weight excluding hydrogens is 300 g/mol. The summed E-state index contributed by atoms with van der Waals surface area (Å²) in [5, 5.41) is 1.24. The van der Waals surface area contributed by atoms with Crippen molar-refractivity contribution >= 4 is 75.5 Å². The van der Waals surface area contributed by atoms with E-state index in [1.54, 1.807) is 0 Å². The number of rotatable bonds is 1. The van der Waals surface area contributed by atoms with Crippen LogP contribution in [0.2, 0.25) is 15.5 Å². The van der Waals surface area contributed by atoms with E-state index < -0.39 is 0 Å². The van der Waals surface area contributed by atoms with Crippen molar-refractivity contribution in [3.05, 3.63) is 34.5 Å². The van der Waals surface area contributed by atoms with Gasteiger partial charge in [-0.05, 0) is 23.8 Å². The second-order valence-corrected chi connectivity index (χ2v) is 8.85. The van der Waals surface area contributed by atoms with E-state index in [-0.39, 0.29) is 27.5 Å². The maximum Gasteiger partial charge on any atom is 0.225 e. The monoisotopic (exact) mass is 320 g/mol. The number of H-pyrrole nitrogens is 1. The molecule has 0 bridgehead atoms. The second-order valence-electron chi connectivity index (χ2n) is 8.41. The van der Waals surface area contributed by atoms with Gasteiger partial charge in [0.15, 0.2) is 0 Å². The molecule has 10 heteroatoms. The first-order chi connectivity index (χ1) is 10.4. The smallest absolute Gasteiger partial charge is 0.225 e. The van der Waals surface area contributed by atoms with E-state index in [2.05, 4.69) is 52.1 Å². The fraction of sp³-hybridized carbons (Fsp3) is 0.308. The summed E-state index contributed by atoms with van der Waals surface area (Å²) in [4.78, 5) is 15.8. The third kappa shape index (κ3) is 1.95. The molecule has 0 spiro atoms. The number of aromatic nitrogens is 1. The van der Waals surface area contributed by atoms with E-state index in [0.29, 0.717) is 5.02 Å². The molecule has 1 atom stereocenters.